The van der Waals surface area contributed by atoms with Crippen LogP contribution in [0.3, 0.4) is 0 Å². The number of nitrogens with zero attached hydrogens (tertiary/aromatic N) is 1. The van der Waals surface area contributed by atoms with Crippen molar-refractivity contribution in [2.75, 3.05) is 0 Å². The molecule has 69 valence electrons. The van der Waals surface area contributed by atoms with Gasteiger partial charge in [-0.15, -0.1) is 0 Å². The van der Waals surface area contributed by atoms with Crippen LogP contribution in [0.15, 0.2) is 36.7 Å². The maximum atomic E-state index is 13.3. The van der Waals surface area contributed by atoms with E-state index in [2.05, 4.69) is 11.1 Å². The Morgan fingerprint density at radius 2 is 2.07 bits per heavy atom. The van der Waals surface area contributed by atoms with Gasteiger partial charge in [0.25, 0.3) is 0 Å². The summed E-state index contributed by atoms with van der Waals surface area (Å²) in [5.74, 6) is -1.18. The van der Waals surface area contributed by atoms with E-state index in [0.717, 1.165) is 6.07 Å². The highest BCUT2D eigenvalue weighted by Gasteiger charge is 2.05. The van der Waals surface area contributed by atoms with Crippen molar-refractivity contribution < 1.29 is 8.78 Å². The van der Waals surface area contributed by atoms with Gasteiger partial charge in [-0.3, -0.25) is 4.98 Å². The van der Waals surface area contributed by atoms with E-state index >= 15 is 0 Å². The Kier molecular flexibility index (Phi) is 2.23. The van der Waals surface area contributed by atoms with Gasteiger partial charge in [-0.1, -0.05) is 0 Å². The predicted molar refractivity (Wildman–Crippen MR) is 48.4 cm³/mol. The van der Waals surface area contributed by atoms with Crippen LogP contribution in [0.4, 0.5) is 8.78 Å². The molecule has 2 aromatic rings. The average Bonchev–Trinajstić information content (AvgIpc) is 2.19. The van der Waals surface area contributed by atoms with Gasteiger partial charge in [0.15, 0.2) is 0 Å². The minimum Gasteiger partial charge on any atom is -0.263 e. The fraction of sp³-hybridized carbons (Fsp3) is 0. The summed E-state index contributed by atoms with van der Waals surface area (Å²) in [6, 6.07) is 7.78. The zero-order valence-corrected chi connectivity index (χ0v) is 7.17. The van der Waals surface area contributed by atoms with Crippen molar-refractivity contribution in [2.45, 2.75) is 0 Å². The predicted octanol–water partition coefficient (Wildman–Crippen LogP) is 2.83. The normalized spacial score (nSPS) is 10.1. The van der Waals surface area contributed by atoms with E-state index in [4.69, 9.17) is 0 Å². The lowest BCUT2D eigenvalue weighted by Gasteiger charge is -2.01. The molecule has 1 nitrogen and oxygen atoms in total. The van der Waals surface area contributed by atoms with Crippen molar-refractivity contribution in [1.29, 1.82) is 0 Å². The lowest BCUT2D eigenvalue weighted by Crippen LogP contribution is -1.86. The molecule has 0 N–H and O–H groups in total. The van der Waals surface area contributed by atoms with Gasteiger partial charge >= 0.3 is 0 Å². The molecule has 0 bridgehead atoms. The molecule has 1 heterocycles. The van der Waals surface area contributed by atoms with Crippen molar-refractivity contribution in [1.82, 2.24) is 4.98 Å². The number of rotatable bonds is 1. The van der Waals surface area contributed by atoms with Crippen LogP contribution in [0.1, 0.15) is 0 Å². The second kappa shape index (κ2) is 3.54. The quantitative estimate of drug-likeness (QED) is 0.673. The zero-order valence-electron chi connectivity index (χ0n) is 7.17. The first-order chi connectivity index (χ1) is 6.77. The van der Waals surface area contributed by atoms with Gasteiger partial charge < -0.3 is 0 Å². The molecule has 1 aromatic carbocycles. The third-order valence-electron chi connectivity index (χ3n) is 1.84. The molecule has 0 amide bonds. The molecule has 0 unspecified atom stereocenters. The third-order valence-corrected chi connectivity index (χ3v) is 1.84. The number of pyridine rings is 1. The molecular weight excluding hydrogens is 184 g/mol. The Morgan fingerprint density at radius 1 is 1.21 bits per heavy atom. The molecule has 0 spiro atoms. The molecule has 3 heteroatoms. The summed E-state index contributed by atoms with van der Waals surface area (Å²) in [5, 5.41) is 0. The molecule has 1 radical (unpaired) electrons. The summed E-state index contributed by atoms with van der Waals surface area (Å²) < 4.78 is 25.9. The van der Waals surface area contributed by atoms with Crippen LogP contribution in [0.5, 0.6) is 0 Å². The zero-order chi connectivity index (χ0) is 9.97. The standard InChI is InChI=1S/C11H6F2N/c12-9-3-4-10(11(13)6-9)8-2-1-5-14-7-8/h2-7H. The topological polar surface area (TPSA) is 12.9 Å². The minimum absolute atomic E-state index is 0.329. The first kappa shape index (κ1) is 8.81. The number of benzene rings is 1. The number of hydrogen-bond acceptors (Lipinski definition) is 1. The molecule has 0 fully saturated rings. The van der Waals surface area contributed by atoms with E-state index in [1.54, 1.807) is 6.07 Å². The van der Waals surface area contributed by atoms with Gasteiger partial charge in [0, 0.05) is 35.7 Å². The van der Waals surface area contributed by atoms with Crippen molar-refractivity contribution >= 4 is 0 Å². The van der Waals surface area contributed by atoms with E-state index in [9.17, 15) is 8.78 Å². The van der Waals surface area contributed by atoms with E-state index < -0.39 is 11.6 Å². The second-order valence-electron chi connectivity index (χ2n) is 2.80. The first-order valence-corrected chi connectivity index (χ1v) is 4.04. The van der Waals surface area contributed by atoms with Crippen LogP contribution < -0.4 is 0 Å². The van der Waals surface area contributed by atoms with E-state index in [1.165, 1.54) is 24.5 Å². The van der Waals surface area contributed by atoms with Crippen LogP contribution in [0.25, 0.3) is 11.1 Å². The largest absolute Gasteiger partial charge is 0.263 e. The van der Waals surface area contributed by atoms with Crippen LogP contribution in [-0.2, 0) is 0 Å². The molecule has 0 aliphatic carbocycles. The fourth-order valence-electron chi connectivity index (χ4n) is 1.20. The van der Waals surface area contributed by atoms with Crippen molar-refractivity contribution in [3.63, 3.8) is 0 Å². The monoisotopic (exact) mass is 190 g/mol. The van der Waals surface area contributed by atoms with Gasteiger partial charge in [0.05, 0.1) is 0 Å². The summed E-state index contributed by atoms with van der Waals surface area (Å²) in [4.78, 5) is 3.81. The molecule has 2 rings (SSSR count). The maximum absolute atomic E-state index is 13.3. The molecule has 0 aliphatic heterocycles. The molecule has 1 aromatic heterocycles. The maximum Gasteiger partial charge on any atom is 0.133 e. The summed E-state index contributed by atoms with van der Waals surface area (Å²) in [7, 11) is 0. The van der Waals surface area contributed by atoms with Crippen molar-refractivity contribution in [2.24, 2.45) is 0 Å². The Bertz CT molecular complexity index is 440. The van der Waals surface area contributed by atoms with Crippen LogP contribution in [0, 0.1) is 17.7 Å². The highest BCUT2D eigenvalue weighted by molar-refractivity contribution is 5.62. The summed E-state index contributed by atoms with van der Waals surface area (Å²) in [6.07, 6.45) is 2.98. The minimum atomic E-state index is -0.591. The smallest absolute Gasteiger partial charge is 0.133 e. The summed E-state index contributed by atoms with van der Waals surface area (Å²) >= 11 is 0. The van der Waals surface area contributed by atoms with Crippen LogP contribution in [0.2, 0.25) is 0 Å². The van der Waals surface area contributed by atoms with Gasteiger partial charge in [-0.2, -0.15) is 0 Å². The number of halogens is 2. The van der Waals surface area contributed by atoms with Gasteiger partial charge in [-0.25, -0.2) is 8.78 Å². The molecule has 0 aliphatic rings. The van der Waals surface area contributed by atoms with E-state index in [0.29, 0.717) is 11.1 Å². The first-order valence-electron chi connectivity index (χ1n) is 4.04. The lowest BCUT2D eigenvalue weighted by molar-refractivity contribution is 0.585. The van der Waals surface area contributed by atoms with Crippen molar-refractivity contribution in [3.05, 3.63) is 54.4 Å². The summed E-state index contributed by atoms with van der Waals surface area (Å²) in [6.45, 7) is 0. The lowest BCUT2D eigenvalue weighted by atomic mass is 10.1. The highest BCUT2D eigenvalue weighted by Crippen LogP contribution is 2.21. The molecule has 0 atom stereocenters. The Balaban J connectivity index is 2.53. The average molecular weight is 190 g/mol. The Labute approximate surface area is 80.0 Å². The van der Waals surface area contributed by atoms with Crippen LogP contribution >= 0.6 is 0 Å². The van der Waals surface area contributed by atoms with E-state index in [1.807, 2.05) is 0 Å². The fourth-order valence-corrected chi connectivity index (χ4v) is 1.20. The van der Waals surface area contributed by atoms with Gasteiger partial charge in [0.2, 0.25) is 0 Å². The summed E-state index contributed by atoms with van der Waals surface area (Å²) in [5.41, 5.74) is 0.917. The van der Waals surface area contributed by atoms with E-state index in [-0.39, 0.29) is 0 Å². The van der Waals surface area contributed by atoms with Crippen LogP contribution in [-0.4, -0.2) is 4.98 Å². The van der Waals surface area contributed by atoms with Gasteiger partial charge in [0.1, 0.15) is 11.6 Å². The molecule has 0 saturated carbocycles. The Morgan fingerprint density at radius 3 is 2.71 bits per heavy atom. The van der Waals surface area contributed by atoms with Crippen molar-refractivity contribution in [3.8, 4) is 11.1 Å². The highest BCUT2D eigenvalue weighted by atomic mass is 19.1. The molecule has 0 saturated heterocycles. The van der Waals surface area contributed by atoms with Gasteiger partial charge in [-0.05, 0) is 18.2 Å². The molecular formula is C11H6F2N. The number of hydrogen-bond donors (Lipinski definition) is 0. The SMILES string of the molecule is Fc1ccc(-c2c[c]cnc2)c(F)c1. The molecule has 14 heavy (non-hydrogen) atoms. The number of aromatic nitrogens is 1. The Hall–Kier alpha value is -1.77. The third kappa shape index (κ3) is 1.62. The second-order valence-corrected chi connectivity index (χ2v) is 2.80.